The molecule has 3 nitrogen and oxygen atoms in total. The summed E-state index contributed by atoms with van der Waals surface area (Å²) in [5.74, 6) is 0.944. The molecule has 3 aromatic rings. The summed E-state index contributed by atoms with van der Waals surface area (Å²) in [5.41, 5.74) is 0.567. The Kier molecular flexibility index (Phi) is 4.61. The van der Waals surface area contributed by atoms with Gasteiger partial charge >= 0.3 is 0 Å². The molecule has 0 bridgehead atoms. The van der Waals surface area contributed by atoms with E-state index in [4.69, 9.17) is 58.0 Å². The Bertz CT molecular complexity index is 851. The molecule has 0 fully saturated rings. The number of benzene rings is 1. The van der Waals surface area contributed by atoms with Crippen LogP contribution in [-0.2, 0) is 7.05 Å². The SMILES string of the molecule is Cn1nc(-c2c(Cl)cccc2Cl)nc1-c1sc(Cl)c(Cl)c1Cl. The molecule has 0 aliphatic rings. The third-order valence-corrected chi connectivity index (χ3v) is 6.11. The van der Waals surface area contributed by atoms with Crippen molar-refractivity contribution in [3.05, 3.63) is 42.6 Å². The fourth-order valence-electron chi connectivity index (χ4n) is 1.91. The van der Waals surface area contributed by atoms with Crippen molar-refractivity contribution in [2.24, 2.45) is 7.05 Å². The maximum absolute atomic E-state index is 6.20. The quantitative estimate of drug-likeness (QED) is 0.481. The van der Waals surface area contributed by atoms with E-state index in [2.05, 4.69) is 10.1 Å². The van der Waals surface area contributed by atoms with Gasteiger partial charge in [-0.1, -0.05) is 64.1 Å². The van der Waals surface area contributed by atoms with Crippen molar-refractivity contribution in [3.8, 4) is 22.1 Å². The maximum Gasteiger partial charge on any atom is 0.184 e. The first-order valence-corrected chi connectivity index (χ1v) is 8.60. The van der Waals surface area contributed by atoms with E-state index in [1.165, 1.54) is 11.3 Å². The second-order valence-electron chi connectivity index (χ2n) is 4.31. The van der Waals surface area contributed by atoms with Crippen molar-refractivity contribution >= 4 is 69.3 Å². The minimum Gasteiger partial charge on any atom is -0.248 e. The Morgan fingerprint density at radius 2 is 1.64 bits per heavy atom. The Morgan fingerprint density at radius 3 is 2.18 bits per heavy atom. The molecule has 0 radical (unpaired) electrons. The van der Waals surface area contributed by atoms with Crippen LogP contribution >= 0.6 is 69.3 Å². The summed E-state index contributed by atoms with van der Waals surface area (Å²) in [6.45, 7) is 0. The molecule has 0 saturated carbocycles. The van der Waals surface area contributed by atoms with E-state index in [0.29, 0.717) is 46.5 Å². The van der Waals surface area contributed by atoms with E-state index in [-0.39, 0.29) is 0 Å². The lowest BCUT2D eigenvalue weighted by Crippen LogP contribution is -1.93. The number of thiophene rings is 1. The van der Waals surface area contributed by atoms with Gasteiger partial charge in [0.15, 0.2) is 11.6 Å². The molecular formula is C13H6Cl5N3S. The first kappa shape index (κ1) is 16.4. The third-order valence-electron chi connectivity index (χ3n) is 2.91. The second-order valence-corrected chi connectivity index (χ2v) is 7.51. The first-order chi connectivity index (χ1) is 10.4. The predicted octanol–water partition coefficient (Wildman–Crippen LogP) is 6.48. The van der Waals surface area contributed by atoms with E-state index in [1.54, 1.807) is 29.9 Å². The molecule has 2 aromatic heterocycles. The summed E-state index contributed by atoms with van der Waals surface area (Å²) in [5, 5.41) is 5.96. The number of halogens is 5. The monoisotopic (exact) mass is 411 g/mol. The molecule has 9 heteroatoms. The zero-order valence-corrected chi connectivity index (χ0v) is 15.5. The van der Waals surface area contributed by atoms with Crippen LogP contribution in [0.5, 0.6) is 0 Å². The van der Waals surface area contributed by atoms with Crippen LogP contribution in [0.15, 0.2) is 18.2 Å². The van der Waals surface area contributed by atoms with Gasteiger partial charge in [0.1, 0.15) is 4.34 Å². The van der Waals surface area contributed by atoms with E-state index < -0.39 is 0 Å². The molecular weight excluding hydrogens is 407 g/mol. The molecule has 3 rings (SSSR count). The summed E-state index contributed by atoms with van der Waals surface area (Å²) in [6, 6.07) is 5.21. The van der Waals surface area contributed by atoms with Crippen molar-refractivity contribution in [1.29, 1.82) is 0 Å². The highest BCUT2D eigenvalue weighted by Crippen LogP contribution is 2.45. The molecule has 0 saturated heterocycles. The normalized spacial score (nSPS) is 11.2. The number of aromatic nitrogens is 3. The highest BCUT2D eigenvalue weighted by Gasteiger charge is 2.22. The summed E-state index contributed by atoms with van der Waals surface area (Å²) >= 11 is 31.9. The highest BCUT2D eigenvalue weighted by molar-refractivity contribution is 7.20. The molecule has 2 heterocycles. The largest absolute Gasteiger partial charge is 0.248 e. The summed E-state index contributed by atoms with van der Waals surface area (Å²) in [7, 11) is 1.74. The average Bonchev–Trinajstić information content (AvgIpc) is 2.94. The van der Waals surface area contributed by atoms with Crippen molar-refractivity contribution in [2.75, 3.05) is 0 Å². The smallest absolute Gasteiger partial charge is 0.184 e. The van der Waals surface area contributed by atoms with Gasteiger partial charge in [-0.05, 0) is 12.1 Å². The third kappa shape index (κ3) is 2.73. The zero-order valence-electron chi connectivity index (χ0n) is 10.9. The van der Waals surface area contributed by atoms with Gasteiger partial charge in [0, 0.05) is 7.05 Å². The highest BCUT2D eigenvalue weighted by atomic mass is 35.5. The summed E-state index contributed by atoms with van der Waals surface area (Å²) in [6.07, 6.45) is 0. The number of hydrogen-bond acceptors (Lipinski definition) is 3. The Hall–Kier alpha value is -0.490. The fourth-order valence-corrected chi connectivity index (χ4v) is 4.30. The van der Waals surface area contributed by atoms with Crippen LogP contribution in [0.1, 0.15) is 0 Å². The predicted molar refractivity (Wildman–Crippen MR) is 94.8 cm³/mol. The van der Waals surface area contributed by atoms with E-state index in [9.17, 15) is 0 Å². The van der Waals surface area contributed by atoms with Crippen LogP contribution in [0.3, 0.4) is 0 Å². The number of aryl methyl sites for hydroxylation is 1. The molecule has 0 N–H and O–H groups in total. The average molecular weight is 414 g/mol. The lowest BCUT2D eigenvalue weighted by atomic mass is 10.2. The van der Waals surface area contributed by atoms with Gasteiger partial charge in [-0.3, -0.25) is 0 Å². The van der Waals surface area contributed by atoms with Crippen molar-refractivity contribution in [2.45, 2.75) is 0 Å². The molecule has 114 valence electrons. The topological polar surface area (TPSA) is 30.7 Å². The van der Waals surface area contributed by atoms with Gasteiger partial charge in [0.05, 0.1) is 30.5 Å². The molecule has 0 atom stereocenters. The van der Waals surface area contributed by atoms with Crippen LogP contribution in [0.25, 0.3) is 22.1 Å². The second kappa shape index (κ2) is 6.19. The standard InChI is InChI=1S/C13H6Cl5N3S/c1-21-13(10-8(16)9(17)11(18)22-10)19-12(20-21)7-5(14)3-2-4-6(7)15/h2-4H,1H3. The van der Waals surface area contributed by atoms with E-state index in [1.807, 2.05) is 0 Å². The lowest BCUT2D eigenvalue weighted by Gasteiger charge is -2.01. The summed E-state index contributed by atoms with van der Waals surface area (Å²) < 4.78 is 1.99. The first-order valence-electron chi connectivity index (χ1n) is 5.89. The van der Waals surface area contributed by atoms with Gasteiger partial charge in [-0.15, -0.1) is 11.3 Å². The molecule has 0 amide bonds. The van der Waals surface area contributed by atoms with Gasteiger partial charge < -0.3 is 0 Å². The van der Waals surface area contributed by atoms with E-state index in [0.717, 1.165) is 0 Å². The van der Waals surface area contributed by atoms with Gasteiger partial charge in [0.25, 0.3) is 0 Å². The van der Waals surface area contributed by atoms with Crippen LogP contribution in [0.4, 0.5) is 0 Å². The Balaban J connectivity index is 2.18. The van der Waals surface area contributed by atoms with Crippen molar-refractivity contribution in [3.63, 3.8) is 0 Å². The minimum absolute atomic E-state index is 0.309. The zero-order chi connectivity index (χ0) is 16.0. The molecule has 1 aromatic carbocycles. The van der Waals surface area contributed by atoms with Crippen LogP contribution in [-0.4, -0.2) is 14.8 Å². The minimum atomic E-state index is 0.309. The Labute approximate surface area is 155 Å². The van der Waals surface area contributed by atoms with Gasteiger partial charge in [-0.2, -0.15) is 5.10 Å². The number of nitrogens with zero attached hydrogens (tertiary/aromatic N) is 3. The molecule has 0 aliphatic carbocycles. The maximum atomic E-state index is 6.20. The van der Waals surface area contributed by atoms with Crippen LogP contribution in [0, 0.1) is 0 Å². The van der Waals surface area contributed by atoms with Gasteiger partial charge in [0.2, 0.25) is 0 Å². The van der Waals surface area contributed by atoms with Crippen molar-refractivity contribution in [1.82, 2.24) is 14.8 Å². The lowest BCUT2D eigenvalue weighted by molar-refractivity contribution is 0.779. The van der Waals surface area contributed by atoms with Gasteiger partial charge in [-0.25, -0.2) is 9.67 Å². The molecule has 0 spiro atoms. The number of rotatable bonds is 2. The van der Waals surface area contributed by atoms with Crippen LogP contribution in [0.2, 0.25) is 24.4 Å². The van der Waals surface area contributed by atoms with Crippen LogP contribution < -0.4 is 0 Å². The fraction of sp³-hybridized carbons (Fsp3) is 0.0769. The number of hydrogen-bond donors (Lipinski definition) is 0. The Morgan fingerprint density at radius 1 is 1.00 bits per heavy atom. The van der Waals surface area contributed by atoms with E-state index >= 15 is 0 Å². The molecule has 0 unspecified atom stereocenters. The summed E-state index contributed by atoms with van der Waals surface area (Å²) in [4.78, 5) is 5.12. The molecule has 22 heavy (non-hydrogen) atoms. The molecule has 0 aliphatic heterocycles. The van der Waals surface area contributed by atoms with Crippen molar-refractivity contribution < 1.29 is 0 Å².